The first-order valence-corrected chi connectivity index (χ1v) is 14.7. The van der Waals surface area contributed by atoms with Crippen LogP contribution in [0.1, 0.15) is 49.3 Å². The topological polar surface area (TPSA) is 149 Å². The van der Waals surface area contributed by atoms with Crippen molar-refractivity contribution in [3.8, 4) is 0 Å². The summed E-state index contributed by atoms with van der Waals surface area (Å²) in [5.41, 5.74) is 3.50. The third-order valence-electron chi connectivity index (χ3n) is 8.37. The molecule has 1 saturated carbocycles. The normalized spacial score (nSPS) is 23.9. The molecular weight excluding hydrogens is 532 g/mol. The van der Waals surface area contributed by atoms with Crippen molar-refractivity contribution in [2.24, 2.45) is 0 Å². The minimum Gasteiger partial charge on any atom is -0.388 e. The molecule has 1 saturated heterocycles. The molecule has 11 nitrogen and oxygen atoms in total. The SMILES string of the molecule is CCC(=O)N[C@H]1CC(n2cnc3c(NCC(c4ccccc4)c4ccccc4)nc(N[C@@H]4CCNC4)nc32)[C@H](O)[C@@H]1O. The standard InChI is InChI=1S/C31H38N8O3/c1-2-25(40)36-23-15-24(28(42)27(23)41)39-18-34-26-29(37-31(38-30(26)39)35-21-13-14-32-16-21)33-17-22(19-9-5-3-6-10-19)20-11-7-4-8-12-20/h3-12,18,21-24,27-28,32,41-42H,2,13-17H2,1H3,(H,36,40)(H2,33,35,37,38)/t21-,23+,24?,27-,28+/m1/s1. The number of aliphatic hydroxyl groups excluding tert-OH is 2. The Labute approximate surface area is 244 Å². The molecular formula is C31H38N8O3. The second-order valence-corrected chi connectivity index (χ2v) is 11.1. The number of hydrogen-bond donors (Lipinski definition) is 6. The number of aromatic nitrogens is 4. The number of fused-ring (bicyclic) bond motifs is 1. The minimum absolute atomic E-state index is 0.0738. The van der Waals surface area contributed by atoms with Crippen molar-refractivity contribution in [1.29, 1.82) is 0 Å². The van der Waals surface area contributed by atoms with Gasteiger partial charge in [0.25, 0.3) is 0 Å². The molecule has 1 aliphatic heterocycles. The molecule has 0 bridgehead atoms. The molecule has 2 aromatic heterocycles. The molecule has 42 heavy (non-hydrogen) atoms. The summed E-state index contributed by atoms with van der Waals surface area (Å²) in [4.78, 5) is 26.4. The van der Waals surface area contributed by atoms with Gasteiger partial charge in [-0.1, -0.05) is 67.6 Å². The van der Waals surface area contributed by atoms with Gasteiger partial charge in [0.15, 0.2) is 17.0 Å². The van der Waals surface area contributed by atoms with E-state index in [9.17, 15) is 15.0 Å². The Bertz CT molecular complexity index is 1450. The number of carbonyl (C=O) groups is 1. The van der Waals surface area contributed by atoms with Gasteiger partial charge in [0.2, 0.25) is 11.9 Å². The van der Waals surface area contributed by atoms with Gasteiger partial charge in [0.05, 0.1) is 18.4 Å². The van der Waals surface area contributed by atoms with Crippen LogP contribution in [0.3, 0.4) is 0 Å². The molecule has 1 amide bonds. The van der Waals surface area contributed by atoms with Gasteiger partial charge in [-0.15, -0.1) is 0 Å². The van der Waals surface area contributed by atoms with Crippen LogP contribution in [0.2, 0.25) is 0 Å². The molecule has 2 fully saturated rings. The monoisotopic (exact) mass is 570 g/mol. The van der Waals surface area contributed by atoms with Crippen LogP contribution in [0.5, 0.6) is 0 Å². The van der Waals surface area contributed by atoms with Crippen molar-refractivity contribution in [3.05, 3.63) is 78.1 Å². The summed E-state index contributed by atoms with van der Waals surface area (Å²) in [6, 6.07) is 19.9. The Morgan fingerprint density at radius 1 is 1.05 bits per heavy atom. The Morgan fingerprint density at radius 2 is 1.76 bits per heavy atom. The number of rotatable bonds is 10. The number of hydrogen-bond acceptors (Lipinski definition) is 9. The summed E-state index contributed by atoms with van der Waals surface area (Å²) in [5.74, 6) is 0.970. The van der Waals surface area contributed by atoms with E-state index in [0.29, 0.717) is 42.3 Å². The number of carbonyl (C=O) groups excluding carboxylic acids is 1. The second-order valence-electron chi connectivity index (χ2n) is 11.1. The summed E-state index contributed by atoms with van der Waals surface area (Å²) >= 11 is 0. The Balaban J connectivity index is 1.34. The molecule has 0 spiro atoms. The molecule has 3 heterocycles. The van der Waals surface area contributed by atoms with Crippen LogP contribution >= 0.6 is 0 Å². The van der Waals surface area contributed by atoms with E-state index >= 15 is 0 Å². The highest BCUT2D eigenvalue weighted by molar-refractivity contribution is 5.84. The van der Waals surface area contributed by atoms with Crippen LogP contribution in [0, 0.1) is 0 Å². The van der Waals surface area contributed by atoms with Crippen molar-refractivity contribution in [1.82, 2.24) is 30.2 Å². The molecule has 2 aliphatic rings. The third kappa shape index (κ3) is 5.80. The summed E-state index contributed by atoms with van der Waals surface area (Å²) in [7, 11) is 0. The number of benzene rings is 2. The summed E-state index contributed by atoms with van der Waals surface area (Å²) in [6.07, 6.45) is 1.07. The minimum atomic E-state index is -1.10. The molecule has 6 N–H and O–H groups in total. The van der Waals surface area contributed by atoms with Gasteiger partial charge in [-0.05, 0) is 30.5 Å². The average molecular weight is 571 g/mol. The van der Waals surface area contributed by atoms with Gasteiger partial charge >= 0.3 is 0 Å². The molecule has 1 aliphatic carbocycles. The zero-order valence-corrected chi connectivity index (χ0v) is 23.6. The highest BCUT2D eigenvalue weighted by atomic mass is 16.3. The lowest BCUT2D eigenvalue weighted by Gasteiger charge is -2.21. The van der Waals surface area contributed by atoms with Crippen molar-refractivity contribution in [2.45, 2.75) is 62.4 Å². The van der Waals surface area contributed by atoms with Crippen LogP contribution in [0.4, 0.5) is 11.8 Å². The molecule has 220 valence electrons. The van der Waals surface area contributed by atoms with Crippen LogP contribution in [0.15, 0.2) is 67.0 Å². The first-order valence-electron chi connectivity index (χ1n) is 14.7. The largest absolute Gasteiger partial charge is 0.388 e. The summed E-state index contributed by atoms with van der Waals surface area (Å²) in [6.45, 7) is 4.08. The molecule has 4 aromatic rings. The maximum Gasteiger partial charge on any atom is 0.227 e. The molecule has 1 unspecified atom stereocenters. The van der Waals surface area contributed by atoms with Gasteiger partial charge in [0.1, 0.15) is 12.2 Å². The predicted octanol–water partition coefficient (Wildman–Crippen LogP) is 2.41. The van der Waals surface area contributed by atoms with Crippen LogP contribution in [-0.2, 0) is 4.79 Å². The van der Waals surface area contributed by atoms with E-state index in [2.05, 4.69) is 50.5 Å². The zero-order chi connectivity index (χ0) is 29.1. The van der Waals surface area contributed by atoms with E-state index in [1.165, 1.54) is 11.1 Å². The average Bonchev–Trinajstić information content (AvgIpc) is 3.75. The van der Waals surface area contributed by atoms with Gasteiger partial charge in [-0.2, -0.15) is 9.97 Å². The van der Waals surface area contributed by atoms with Crippen molar-refractivity contribution in [3.63, 3.8) is 0 Å². The number of nitrogens with one attached hydrogen (secondary N) is 4. The number of imidazole rings is 1. The fraction of sp³-hybridized carbons (Fsp3) is 0.419. The molecule has 6 rings (SSSR count). The van der Waals surface area contributed by atoms with Gasteiger partial charge < -0.3 is 36.0 Å². The van der Waals surface area contributed by atoms with E-state index in [-0.39, 0.29) is 17.9 Å². The highest BCUT2D eigenvalue weighted by Crippen LogP contribution is 2.35. The van der Waals surface area contributed by atoms with E-state index in [1.54, 1.807) is 17.8 Å². The van der Waals surface area contributed by atoms with Gasteiger partial charge in [0, 0.05) is 31.5 Å². The lowest BCUT2D eigenvalue weighted by molar-refractivity contribution is -0.122. The van der Waals surface area contributed by atoms with Gasteiger partial charge in [-0.25, -0.2) is 4.98 Å². The van der Waals surface area contributed by atoms with Crippen LogP contribution in [-0.4, -0.2) is 79.6 Å². The molecule has 5 atom stereocenters. The zero-order valence-electron chi connectivity index (χ0n) is 23.6. The first kappa shape index (κ1) is 28.1. The molecule has 11 heteroatoms. The molecule has 0 radical (unpaired) electrons. The number of nitrogens with zero attached hydrogens (tertiary/aromatic N) is 4. The fourth-order valence-corrected chi connectivity index (χ4v) is 6.04. The number of anilines is 2. The van der Waals surface area contributed by atoms with Crippen molar-refractivity contribution >= 4 is 28.8 Å². The lowest BCUT2D eigenvalue weighted by atomic mass is 9.91. The second kappa shape index (κ2) is 12.4. The third-order valence-corrected chi connectivity index (χ3v) is 8.37. The maximum atomic E-state index is 12.0. The highest BCUT2D eigenvalue weighted by Gasteiger charge is 2.43. The number of aliphatic hydroxyl groups is 2. The van der Waals surface area contributed by atoms with E-state index < -0.39 is 24.3 Å². The quantitative estimate of drug-likeness (QED) is 0.169. The van der Waals surface area contributed by atoms with E-state index in [1.807, 2.05) is 36.4 Å². The smallest absolute Gasteiger partial charge is 0.227 e. The molecule has 2 aromatic carbocycles. The summed E-state index contributed by atoms with van der Waals surface area (Å²) in [5, 5.41) is 35.0. The summed E-state index contributed by atoms with van der Waals surface area (Å²) < 4.78 is 1.80. The number of amides is 1. The Kier molecular flexibility index (Phi) is 8.31. The van der Waals surface area contributed by atoms with Gasteiger partial charge in [-0.3, -0.25) is 4.79 Å². The van der Waals surface area contributed by atoms with Crippen LogP contribution < -0.4 is 21.3 Å². The van der Waals surface area contributed by atoms with Crippen molar-refractivity contribution in [2.75, 3.05) is 30.3 Å². The van der Waals surface area contributed by atoms with Crippen molar-refractivity contribution < 1.29 is 15.0 Å². The predicted molar refractivity (Wildman–Crippen MR) is 161 cm³/mol. The fourth-order valence-electron chi connectivity index (χ4n) is 6.04. The Hall–Kier alpha value is -4.06. The van der Waals surface area contributed by atoms with Crippen LogP contribution in [0.25, 0.3) is 11.2 Å². The van der Waals surface area contributed by atoms with E-state index in [4.69, 9.17) is 9.97 Å². The maximum absolute atomic E-state index is 12.0. The Morgan fingerprint density at radius 3 is 2.40 bits per heavy atom. The lowest BCUT2D eigenvalue weighted by Crippen LogP contribution is -2.42. The first-order chi connectivity index (χ1) is 20.5. The van der Waals surface area contributed by atoms with E-state index in [0.717, 1.165) is 19.5 Å².